The number of rotatable bonds is 2. The number of hydrogen-bond acceptors (Lipinski definition) is 3. The zero-order chi connectivity index (χ0) is 9.19. The third-order valence-corrected chi connectivity index (χ3v) is 2.70. The van der Waals surface area contributed by atoms with Crippen molar-refractivity contribution in [2.24, 2.45) is 0 Å². The SMILES string of the molecule is Cc1ccc(S(=O)(=O)[CH]O)cc1. The summed E-state index contributed by atoms with van der Waals surface area (Å²) in [6, 6.07) is 6.27. The van der Waals surface area contributed by atoms with Crippen LogP contribution in [0.3, 0.4) is 0 Å². The summed E-state index contributed by atoms with van der Waals surface area (Å²) >= 11 is 0. The standard InChI is InChI=1S/C8H9O3S/c1-7-2-4-8(5-3-7)12(10,11)6-9/h2-6,9H,1H3. The quantitative estimate of drug-likeness (QED) is 0.754. The molecule has 65 valence electrons. The minimum atomic E-state index is -3.58. The lowest BCUT2D eigenvalue weighted by Gasteiger charge is -1.99. The molecule has 0 aliphatic heterocycles. The van der Waals surface area contributed by atoms with Gasteiger partial charge in [0.2, 0.25) is 15.8 Å². The molecule has 0 unspecified atom stereocenters. The summed E-state index contributed by atoms with van der Waals surface area (Å²) in [5.74, 6) is 0.206. The van der Waals surface area contributed by atoms with Gasteiger partial charge in [0, 0.05) is 0 Å². The maximum atomic E-state index is 11.0. The van der Waals surface area contributed by atoms with E-state index in [1.165, 1.54) is 12.1 Å². The zero-order valence-corrected chi connectivity index (χ0v) is 7.38. The normalized spacial score (nSPS) is 11.5. The second kappa shape index (κ2) is 3.25. The van der Waals surface area contributed by atoms with E-state index in [0.29, 0.717) is 0 Å². The van der Waals surface area contributed by atoms with Gasteiger partial charge in [-0.25, -0.2) is 8.42 Å². The number of hydrogen-bond donors (Lipinski definition) is 1. The van der Waals surface area contributed by atoms with E-state index in [1.807, 2.05) is 6.92 Å². The number of benzene rings is 1. The lowest BCUT2D eigenvalue weighted by atomic mass is 10.2. The molecule has 0 spiro atoms. The summed E-state index contributed by atoms with van der Waals surface area (Å²) in [6.45, 7) is 1.86. The molecule has 1 N–H and O–H groups in total. The fourth-order valence-corrected chi connectivity index (χ4v) is 1.43. The monoisotopic (exact) mass is 185 g/mol. The number of aliphatic hydroxyl groups excluding tert-OH is 1. The molecule has 0 saturated carbocycles. The second-order valence-corrected chi connectivity index (χ2v) is 4.24. The summed E-state index contributed by atoms with van der Waals surface area (Å²) in [7, 11) is -3.58. The van der Waals surface area contributed by atoms with E-state index >= 15 is 0 Å². The van der Waals surface area contributed by atoms with E-state index in [4.69, 9.17) is 5.11 Å². The predicted octanol–water partition coefficient (Wildman–Crippen LogP) is 1.26. The highest BCUT2D eigenvalue weighted by Gasteiger charge is 2.11. The van der Waals surface area contributed by atoms with Crippen molar-refractivity contribution in [2.75, 3.05) is 0 Å². The molecule has 12 heavy (non-hydrogen) atoms. The van der Waals surface area contributed by atoms with Crippen LogP contribution in [0.15, 0.2) is 29.2 Å². The van der Waals surface area contributed by atoms with E-state index in [9.17, 15) is 8.42 Å². The fraction of sp³-hybridized carbons (Fsp3) is 0.125. The first-order chi connectivity index (χ1) is 5.56. The average molecular weight is 185 g/mol. The van der Waals surface area contributed by atoms with Gasteiger partial charge in [0.25, 0.3) is 0 Å². The van der Waals surface area contributed by atoms with Gasteiger partial charge in [0.1, 0.15) is 0 Å². The molecule has 1 aromatic rings. The summed E-state index contributed by atoms with van der Waals surface area (Å²) < 4.78 is 22.0. The maximum absolute atomic E-state index is 11.0. The lowest BCUT2D eigenvalue weighted by molar-refractivity contribution is 0.428. The van der Waals surface area contributed by atoms with Gasteiger partial charge in [0.05, 0.1) is 4.90 Å². The van der Waals surface area contributed by atoms with Crippen molar-refractivity contribution in [3.8, 4) is 0 Å². The molecule has 0 heterocycles. The zero-order valence-electron chi connectivity index (χ0n) is 6.56. The second-order valence-electron chi connectivity index (χ2n) is 2.46. The summed E-state index contributed by atoms with van der Waals surface area (Å²) in [5, 5.41) is 8.40. The molecule has 0 amide bonds. The first-order valence-electron chi connectivity index (χ1n) is 3.35. The van der Waals surface area contributed by atoms with Gasteiger partial charge >= 0.3 is 0 Å². The number of aliphatic hydroxyl groups is 1. The van der Waals surface area contributed by atoms with Crippen molar-refractivity contribution >= 4 is 9.84 Å². The van der Waals surface area contributed by atoms with Gasteiger partial charge < -0.3 is 5.11 Å². The first kappa shape index (κ1) is 9.22. The van der Waals surface area contributed by atoms with Crippen LogP contribution in [-0.2, 0) is 9.84 Å². The molecule has 0 atom stereocenters. The van der Waals surface area contributed by atoms with Gasteiger partial charge in [-0.15, -0.1) is 0 Å². The fourth-order valence-electron chi connectivity index (χ4n) is 0.789. The molecule has 1 rings (SSSR count). The first-order valence-corrected chi connectivity index (χ1v) is 4.90. The Balaban J connectivity index is 3.14. The molecule has 1 aromatic carbocycles. The van der Waals surface area contributed by atoms with Gasteiger partial charge in [0.15, 0.2) is 0 Å². The predicted molar refractivity (Wildman–Crippen MR) is 44.6 cm³/mol. The smallest absolute Gasteiger partial charge is 0.208 e. The highest BCUT2D eigenvalue weighted by molar-refractivity contribution is 7.93. The number of sulfone groups is 1. The average Bonchev–Trinajstić information content (AvgIpc) is 2.05. The van der Waals surface area contributed by atoms with Crippen LogP contribution in [0.2, 0.25) is 0 Å². The van der Waals surface area contributed by atoms with Crippen molar-refractivity contribution in [3.05, 3.63) is 35.8 Å². The topological polar surface area (TPSA) is 54.4 Å². The molecule has 0 aliphatic carbocycles. The van der Waals surface area contributed by atoms with Crippen LogP contribution in [0.25, 0.3) is 0 Å². The maximum Gasteiger partial charge on any atom is 0.208 e. The van der Waals surface area contributed by atoms with E-state index < -0.39 is 9.84 Å². The summed E-state index contributed by atoms with van der Waals surface area (Å²) in [6.07, 6.45) is 0. The third-order valence-electron chi connectivity index (χ3n) is 1.49. The molecule has 0 fully saturated rings. The van der Waals surface area contributed by atoms with Gasteiger partial charge in [-0.3, -0.25) is 0 Å². The van der Waals surface area contributed by atoms with Crippen LogP contribution in [0.1, 0.15) is 5.56 Å². The molecule has 4 heteroatoms. The molecular formula is C8H9O3S. The van der Waals surface area contributed by atoms with E-state index in [2.05, 4.69) is 0 Å². The van der Waals surface area contributed by atoms with E-state index in [-0.39, 0.29) is 10.8 Å². The van der Waals surface area contributed by atoms with E-state index in [0.717, 1.165) is 5.56 Å². The lowest BCUT2D eigenvalue weighted by Crippen LogP contribution is -2.00. The Kier molecular flexibility index (Phi) is 2.49. The van der Waals surface area contributed by atoms with Crippen LogP contribution >= 0.6 is 0 Å². The third kappa shape index (κ3) is 1.84. The Morgan fingerprint density at radius 2 is 1.75 bits per heavy atom. The molecule has 0 aliphatic rings. The van der Waals surface area contributed by atoms with Crippen molar-refractivity contribution < 1.29 is 13.5 Å². The van der Waals surface area contributed by atoms with Crippen molar-refractivity contribution in [1.29, 1.82) is 0 Å². The van der Waals surface area contributed by atoms with Gasteiger partial charge in [-0.2, -0.15) is 0 Å². The Labute approximate surface area is 71.6 Å². The Bertz CT molecular complexity index is 350. The van der Waals surface area contributed by atoms with Crippen LogP contribution in [-0.4, -0.2) is 13.5 Å². The Morgan fingerprint density at radius 1 is 1.25 bits per heavy atom. The molecular weight excluding hydrogens is 176 g/mol. The highest BCUT2D eigenvalue weighted by atomic mass is 32.2. The van der Waals surface area contributed by atoms with Crippen LogP contribution in [0.5, 0.6) is 0 Å². The molecule has 3 nitrogen and oxygen atoms in total. The van der Waals surface area contributed by atoms with E-state index in [1.54, 1.807) is 12.1 Å². The minimum absolute atomic E-state index is 0.107. The van der Waals surface area contributed by atoms with Crippen LogP contribution in [0.4, 0.5) is 0 Å². The van der Waals surface area contributed by atoms with Gasteiger partial charge in [-0.05, 0) is 19.1 Å². The van der Waals surface area contributed by atoms with Crippen molar-refractivity contribution in [3.63, 3.8) is 0 Å². The molecule has 0 bridgehead atoms. The van der Waals surface area contributed by atoms with Crippen molar-refractivity contribution in [1.82, 2.24) is 0 Å². The summed E-state index contributed by atoms with van der Waals surface area (Å²) in [4.78, 5) is 0.107. The number of aryl methyl sites for hydroxylation is 1. The minimum Gasteiger partial charge on any atom is -0.374 e. The van der Waals surface area contributed by atoms with Crippen LogP contribution < -0.4 is 0 Å². The van der Waals surface area contributed by atoms with Crippen molar-refractivity contribution in [2.45, 2.75) is 11.8 Å². The molecule has 0 aromatic heterocycles. The Morgan fingerprint density at radius 3 is 2.17 bits per heavy atom. The van der Waals surface area contributed by atoms with Crippen LogP contribution in [0, 0.1) is 12.9 Å². The largest absolute Gasteiger partial charge is 0.374 e. The summed E-state index contributed by atoms with van der Waals surface area (Å²) in [5.41, 5.74) is 0.979. The Hall–Kier alpha value is -0.870. The molecule has 0 saturated heterocycles. The molecule has 1 radical (unpaired) electrons. The van der Waals surface area contributed by atoms with Gasteiger partial charge in [-0.1, -0.05) is 17.7 Å². The highest BCUT2D eigenvalue weighted by Crippen LogP contribution is 2.12.